The van der Waals surface area contributed by atoms with E-state index in [0.29, 0.717) is 28.9 Å². The number of nitrogens with one attached hydrogen (secondary N) is 2. The van der Waals surface area contributed by atoms with E-state index in [-0.39, 0.29) is 5.91 Å². The van der Waals surface area contributed by atoms with E-state index in [9.17, 15) is 4.79 Å². The third-order valence-electron chi connectivity index (χ3n) is 3.54. The maximum absolute atomic E-state index is 12.1. The lowest BCUT2D eigenvalue weighted by Gasteiger charge is -2.12. The van der Waals surface area contributed by atoms with Gasteiger partial charge in [-0.2, -0.15) is 0 Å². The lowest BCUT2D eigenvalue weighted by Crippen LogP contribution is -2.23. The van der Waals surface area contributed by atoms with Crippen molar-refractivity contribution >= 4 is 27.9 Å². The summed E-state index contributed by atoms with van der Waals surface area (Å²) in [5.41, 5.74) is 6.48. The van der Waals surface area contributed by atoms with Gasteiger partial charge in [0.1, 0.15) is 15.6 Å². The Morgan fingerprint density at radius 1 is 1.45 bits per heavy atom. The second-order valence-electron chi connectivity index (χ2n) is 5.09. The Labute approximate surface area is 123 Å². The number of carbonyl (C=O) groups excluding carboxylic acids is 1. The molecule has 1 amide bonds. The van der Waals surface area contributed by atoms with E-state index >= 15 is 0 Å². The summed E-state index contributed by atoms with van der Waals surface area (Å²) >= 11 is 1.38. The predicted molar refractivity (Wildman–Crippen MR) is 83.8 cm³/mol. The molecule has 5 nitrogen and oxygen atoms in total. The smallest absolute Gasteiger partial charge is 0.263 e. The molecular formula is C14H23N3O2S. The van der Waals surface area contributed by atoms with Gasteiger partial charge in [0.25, 0.3) is 5.91 Å². The minimum absolute atomic E-state index is 0.118. The molecule has 0 spiro atoms. The molecule has 0 aromatic carbocycles. The molecule has 0 saturated heterocycles. The fourth-order valence-electron chi connectivity index (χ4n) is 2.47. The first-order chi connectivity index (χ1) is 9.67. The van der Waals surface area contributed by atoms with Gasteiger partial charge in [0.05, 0.1) is 7.11 Å². The zero-order valence-corrected chi connectivity index (χ0v) is 12.9. The number of rotatable bonds is 6. The van der Waals surface area contributed by atoms with Crippen molar-refractivity contribution in [2.24, 2.45) is 0 Å². The van der Waals surface area contributed by atoms with Crippen molar-refractivity contribution in [1.29, 1.82) is 0 Å². The quantitative estimate of drug-likeness (QED) is 0.754. The molecule has 2 rings (SSSR count). The predicted octanol–water partition coefficient (Wildman–Crippen LogP) is 2.83. The monoisotopic (exact) mass is 297 g/mol. The molecule has 1 saturated carbocycles. The highest BCUT2D eigenvalue weighted by Crippen LogP contribution is 2.43. The molecule has 1 fully saturated rings. The molecular weight excluding hydrogens is 274 g/mol. The van der Waals surface area contributed by atoms with Crippen molar-refractivity contribution in [2.45, 2.75) is 45.1 Å². The number of thiophene rings is 1. The largest absolute Gasteiger partial charge is 0.492 e. The molecule has 112 valence electrons. The summed E-state index contributed by atoms with van der Waals surface area (Å²) in [6, 6.07) is 0.466. The normalized spacial score (nSPS) is 15.3. The first-order valence-corrected chi connectivity index (χ1v) is 8.00. The maximum Gasteiger partial charge on any atom is 0.263 e. The zero-order valence-electron chi connectivity index (χ0n) is 12.1. The SMILES string of the molecule is CCCNC(=O)c1sc(NC2CCCC2)c(OC)c1N. The van der Waals surface area contributed by atoms with Crippen LogP contribution in [0, 0.1) is 0 Å². The van der Waals surface area contributed by atoms with Crippen LogP contribution in [0.4, 0.5) is 10.7 Å². The van der Waals surface area contributed by atoms with Crippen LogP contribution < -0.4 is 21.1 Å². The van der Waals surface area contributed by atoms with Crippen molar-refractivity contribution < 1.29 is 9.53 Å². The summed E-state index contributed by atoms with van der Waals surface area (Å²) in [6.07, 6.45) is 5.74. The number of anilines is 2. The highest BCUT2D eigenvalue weighted by atomic mass is 32.1. The van der Waals surface area contributed by atoms with Crippen LogP contribution in [-0.4, -0.2) is 25.6 Å². The highest BCUT2D eigenvalue weighted by molar-refractivity contribution is 7.19. The van der Waals surface area contributed by atoms with E-state index in [1.54, 1.807) is 7.11 Å². The standard InChI is InChI=1S/C14H23N3O2S/c1-3-8-16-13(18)12-10(15)11(19-2)14(20-12)17-9-6-4-5-7-9/h9,17H,3-8,15H2,1-2H3,(H,16,18). The van der Waals surface area contributed by atoms with Gasteiger partial charge in [0.2, 0.25) is 0 Å². The number of nitrogens with two attached hydrogens (primary N) is 1. The average Bonchev–Trinajstić information content (AvgIpc) is 3.05. The van der Waals surface area contributed by atoms with Crippen molar-refractivity contribution in [3.63, 3.8) is 0 Å². The topological polar surface area (TPSA) is 76.4 Å². The van der Waals surface area contributed by atoms with E-state index in [4.69, 9.17) is 10.5 Å². The minimum Gasteiger partial charge on any atom is -0.492 e. The molecule has 4 N–H and O–H groups in total. The van der Waals surface area contributed by atoms with Crippen LogP contribution >= 0.6 is 11.3 Å². The van der Waals surface area contributed by atoms with Gasteiger partial charge in [-0.15, -0.1) is 11.3 Å². The van der Waals surface area contributed by atoms with Gasteiger partial charge in [-0.25, -0.2) is 0 Å². The van der Waals surface area contributed by atoms with Crippen molar-refractivity contribution in [3.8, 4) is 5.75 Å². The van der Waals surface area contributed by atoms with Crippen LogP contribution in [0.5, 0.6) is 5.75 Å². The Kier molecular flexibility index (Phi) is 5.11. The molecule has 1 aliphatic rings. The molecule has 1 aromatic heterocycles. The molecule has 0 unspecified atom stereocenters. The van der Waals surface area contributed by atoms with Gasteiger partial charge >= 0.3 is 0 Å². The van der Waals surface area contributed by atoms with Crippen molar-refractivity contribution in [2.75, 3.05) is 24.7 Å². The van der Waals surface area contributed by atoms with E-state index in [0.717, 1.165) is 11.4 Å². The number of nitrogen functional groups attached to an aromatic ring is 1. The third kappa shape index (κ3) is 3.17. The number of carbonyl (C=O) groups is 1. The van der Waals surface area contributed by atoms with E-state index in [2.05, 4.69) is 10.6 Å². The van der Waals surface area contributed by atoms with E-state index in [1.807, 2.05) is 6.92 Å². The average molecular weight is 297 g/mol. The van der Waals surface area contributed by atoms with Gasteiger partial charge in [0.15, 0.2) is 5.75 Å². The molecule has 1 aliphatic carbocycles. The minimum atomic E-state index is -0.118. The van der Waals surface area contributed by atoms with Crippen LogP contribution in [0.15, 0.2) is 0 Å². The number of amides is 1. The number of ether oxygens (including phenoxy) is 1. The number of hydrogen-bond donors (Lipinski definition) is 3. The molecule has 0 aliphatic heterocycles. The molecule has 1 heterocycles. The van der Waals surface area contributed by atoms with E-state index < -0.39 is 0 Å². The Bertz CT molecular complexity index is 467. The second kappa shape index (κ2) is 6.83. The summed E-state index contributed by atoms with van der Waals surface area (Å²) in [5.74, 6) is 0.482. The van der Waals surface area contributed by atoms with Gasteiger partial charge in [-0.3, -0.25) is 4.79 Å². The summed E-state index contributed by atoms with van der Waals surface area (Å²) in [4.78, 5) is 12.6. The summed E-state index contributed by atoms with van der Waals surface area (Å²) in [6.45, 7) is 2.68. The Hall–Kier alpha value is -1.43. The molecule has 0 bridgehead atoms. The van der Waals surface area contributed by atoms with E-state index in [1.165, 1.54) is 37.0 Å². The van der Waals surface area contributed by atoms with Crippen molar-refractivity contribution in [3.05, 3.63) is 4.88 Å². The van der Waals surface area contributed by atoms with Gasteiger partial charge < -0.3 is 21.1 Å². The van der Waals surface area contributed by atoms with Crippen LogP contribution in [0.1, 0.15) is 48.7 Å². The Morgan fingerprint density at radius 3 is 2.75 bits per heavy atom. The van der Waals surface area contributed by atoms with Crippen LogP contribution in [0.2, 0.25) is 0 Å². The summed E-state index contributed by atoms with van der Waals surface area (Å²) in [5, 5.41) is 7.20. The highest BCUT2D eigenvalue weighted by Gasteiger charge is 2.24. The molecule has 20 heavy (non-hydrogen) atoms. The third-order valence-corrected chi connectivity index (χ3v) is 4.65. The molecule has 6 heteroatoms. The first-order valence-electron chi connectivity index (χ1n) is 7.18. The lowest BCUT2D eigenvalue weighted by atomic mass is 10.2. The molecule has 0 atom stereocenters. The van der Waals surface area contributed by atoms with Crippen LogP contribution in [0.25, 0.3) is 0 Å². The number of methoxy groups -OCH3 is 1. The molecule has 0 radical (unpaired) electrons. The summed E-state index contributed by atoms with van der Waals surface area (Å²) in [7, 11) is 1.59. The Morgan fingerprint density at radius 2 is 2.15 bits per heavy atom. The first kappa shape index (κ1) is 15.0. The lowest BCUT2D eigenvalue weighted by molar-refractivity contribution is 0.0958. The summed E-state index contributed by atoms with van der Waals surface area (Å²) < 4.78 is 5.36. The number of hydrogen-bond acceptors (Lipinski definition) is 5. The van der Waals surface area contributed by atoms with Gasteiger partial charge in [0, 0.05) is 12.6 Å². The van der Waals surface area contributed by atoms with Crippen LogP contribution in [0.3, 0.4) is 0 Å². The van der Waals surface area contributed by atoms with Crippen molar-refractivity contribution in [1.82, 2.24) is 5.32 Å². The maximum atomic E-state index is 12.1. The zero-order chi connectivity index (χ0) is 14.5. The second-order valence-corrected chi connectivity index (χ2v) is 6.11. The fourth-order valence-corrected chi connectivity index (χ4v) is 3.55. The molecule has 1 aromatic rings. The van der Waals surface area contributed by atoms with Crippen LogP contribution in [-0.2, 0) is 0 Å². The van der Waals surface area contributed by atoms with Gasteiger partial charge in [-0.1, -0.05) is 19.8 Å². The Balaban J connectivity index is 2.16. The van der Waals surface area contributed by atoms with Gasteiger partial charge in [-0.05, 0) is 19.3 Å². The fraction of sp³-hybridized carbons (Fsp3) is 0.643.